The average Bonchev–Trinajstić information content (AvgIpc) is 2.85. The van der Waals surface area contributed by atoms with Crippen molar-refractivity contribution in [2.24, 2.45) is 0 Å². The summed E-state index contributed by atoms with van der Waals surface area (Å²) in [6.07, 6.45) is 7.83. The Morgan fingerprint density at radius 1 is 0.941 bits per heavy atom. The van der Waals surface area contributed by atoms with Crippen molar-refractivity contribution in [1.82, 2.24) is 4.90 Å². The third-order valence-corrected chi connectivity index (χ3v) is 3.70. The first kappa shape index (κ1) is 12.6. The smallest absolute Gasteiger partial charge is 0.00156 e. The zero-order valence-electron chi connectivity index (χ0n) is 11.1. The fourth-order valence-electron chi connectivity index (χ4n) is 2.67. The lowest BCUT2D eigenvalue weighted by Crippen LogP contribution is -2.20. The molecule has 17 heavy (non-hydrogen) atoms. The summed E-state index contributed by atoms with van der Waals surface area (Å²) in [7, 11) is 0. The van der Waals surface area contributed by atoms with Crippen molar-refractivity contribution in [2.75, 3.05) is 19.6 Å². The second-order valence-electron chi connectivity index (χ2n) is 5.22. The Balaban J connectivity index is 1.70. The van der Waals surface area contributed by atoms with Crippen LogP contribution >= 0.6 is 0 Å². The number of nitrogens with zero attached hydrogens (tertiary/aromatic N) is 1. The van der Waals surface area contributed by atoms with Crippen LogP contribution in [0.3, 0.4) is 0 Å². The SMILES string of the molecule is CCCc1ccc(CCCN2CCCC2)cc1. The standard InChI is InChI=1S/C16H25N/c1-2-6-15-8-10-16(11-9-15)7-5-14-17-12-3-4-13-17/h8-11H,2-7,12-14H2,1H3. The molecular formula is C16H25N. The summed E-state index contributed by atoms with van der Waals surface area (Å²) in [6.45, 7) is 6.19. The van der Waals surface area contributed by atoms with Gasteiger partial charge in [0.25, 0.3) is 0 Å². The topological polar surface area (TPSA) is 3.24 Å². The highest BCUT2D eigenvalue weighted by Crippen LogP contribution is 2.11. The number of aryl methyl sites for hydroxylation is 2. The number of rotatable bonds is 6. The third-order valence-electron chi connectivity index (χ3n) is 3.70. The van der Waals surface area contributed by atoms with E-state index < -0.39 is 0 Å². The van der Waals surface area contributed by atoms with Crippen LogP contribution in [0.4, 0.5) is 0 Å². The van der Waals surface area contributed by atoms with Gasteiger partial charge in [-0.15, -0.1) is 0 Å². The van der Waals surface area contributed by atoms with E-state index in [9.17, 15) is 0 Å². The lowest BCUT2D eigenvalue weighted by Gasteiger charge is -2.13. The summed E-state index contributed by atoms with van der Waals surface area (Å²) >= 11 is 0. The van der Waals surface area contributed by atoms with E-state index in [1.54, 1.807) is 0 Å². The zero-order valence-corrected chi connectivity index (χ0v) is 11.1. The van der Waals surface area contributed by atoms with Crippen LogP contribution in [0.5, 0.6) is 0 Å². The molecule has 1 heterocycles. The molecule has 1 aliphatic rings. The summed E-state index contributed by atoms with van der Waals surface area (Å²) in [5.74, 6) is 0. The number of benzene rings is 1. The normalized spacial score (nSPS) is 16.5. The van der Waals surface area contributed by atoms with Gasteiger partial charge in [-0.25, -0.2) is 0 Å². The van der Waals surface area contributed by atoms with E-state index in [4.69, 9.17) is 0 Å². The molecule has 1 aromatic carbocycles. The largest absolute Gasteiger partial charge is 0.303 e. The van der Waals surface area contributed by atoms with Crippen molar-refractivity contribution in [3.63, 3.8) is 0 Å². The molecule has 1 heteroatoms. The van der Waals surface area contributed by atoms with Gasteiger partial charge in [0.1, 0.15) is 0 Å². The molecule has 0 aromatic heterocycles. The molecule has 1 aromatic rings. The van der Waals surface area contributed by atoms with Crippen LogP contribution in [0.2, 0.25) is 0 Å². The van der Waals surface area contributed by atoms with Gasteiger partial charge in [0.05, 0.1) is 0 Å². The summed E-state index contributed by atoms with van der Waals surface area (Å²) in [6, 6.07) is 9.23. The lowest BCUT2D eigenvalue weighted by atomic mass is 10.0. The molecule has 1 fully saturated rings. The maximum Gasteiger partial charge on any atom is -0.00156 e. The highest BCUT2D eigenvalue weighted by atomic mass is 15.1. The molecule has 0 N–H and O–H groups in total. The van der Waals surface area contributed by atoms with Gasteiger partial charge in [-0.1, -0.05) is 37.6 Å². The van der Waals surface area contributed by atoms with Crippen molar-refractivity contribution >= 4 is 0 Å². The minimum Gasteiger partial charge on any atom is -0.303 e. The third kappa shape index (κ3) is 4.16. The number of hydrogen-bond acceptors (Lipinski definition) is 1. The first-order valence-corrected chi connectivity index (χ1v) is 7.18. The summed E-state index contributed by atoms with van der Waals surface area (Å²) in [5.41, 5.74) is 2.99. The van der Waals surface area contributed by atoms with Gasteiger partial charge in [-0.3, -0.25) is 0 Å². The second kappa shape index (κ2) is 6.80. The zero-order chi connectivity index (χ0) is 11.9. The van der Waals surface area contributed by atoms with Crippen molar-refractivity contribution in [3.05, 3.63) is 35.4 Å². The van der Waals surface area contributed by atoms with Gasteiger partial charge < -0.3 is 4.90 Å². The van der Waals surface area contributed by atoms with Crippen molar-refractivity contribution < 1.29 is 0 Å². The molecule has 1 aliphatic heterocycles. The highest BCUT2D eigenvalue weighted by molar-refractivity contribution is 5.22. The Kier molecular flexibility index (Phi) is 5.06. The first-order chi connectivity index (χ1) is 8.38. The highest BCUT2D eigenvalue weighted by Gasteiger charge is 2.10. The Hall–Kier alpha value is -0.820. The molecule has 0 radical (unpaired) electrons. The van der Waals surface area contributed by atoms with E-state index >= 15 is 0 Å². The minimum absolute atomic E-state index is 1.22. The van der Waals surface area contributed by atoms with Crippen molar-refractivity contribution in [3.8, 4) is 0 Å². The number of hydrogen-bond donors (Lipinski definition) is 0. The monoisotopic (exact) mass is 231 g/mol. The lowest BCUT2D eigenvalue weighted by molar-refractivity contribution is 0.334. The van der Waals surface area contributed by atoms with Gasteiger partial charge >= 0.3 is 0 Å². The quantitative estimate of drug-likeness (QED) is 0.722. The molecule has 1 saturated heterocycles. The van der Waals surface area contributed by atoms with E-state index in [1.807, 2.05) is 0 Å². The van der Waals surface area contributed by atoms with Gasteiger partial charge in [0.15, 0.2) is 0 Å². The van der Waals surface area contributed by atoms with Crippen molar-refractivity contribution in [2.45, 2.75) is 45.4 Å². The van der Waals surface area contributed by atoms with E-state index in [2.05, 4.69) is 36.1 Å². The summed E-state index contributed by atoms with van der Waals surface area (Å²) in [4.78, 5) is 2.60. The van der Waals surface area contributed by atoms with E-state index in [0.29, 0.717) is 0 Å². The Bertz CT molecular complexity index is 309. The fraction of sp³-hybridized carbons (Fsp3) is 0.625. The van der Waals surface area contributed by atoms with Crippen LogP contribution in [0.1, 0.15) is 43.7 Å². The molecule has 2 rings (SSSR count). The average molecular weight is 231 g/mol. The predicted molar refractivity (Wildman–Crippen MR) is 74.4 cm³/mol. The van der Waals surface area contributed by atoms with Gasteiger partial charge in [0.2, 0.25) is 0 Å². The molecule has 0 spiro atoms. The minimum atomic E-state index is 1.22. The van der Waals surface area contributed by atoms with Crippen LogP contribution in [-0.2, 0) is 12.8 Å². The van der Waals surface area contributed by atoms with Crippen LogP contribution in [0, 0.1) is 0 Å². The molecule has 94 valence electrons. The van der Waals surface area contributed by atoms with Gasteiger partial charge in [0, 0.05) is 0 Å². The van der Waals surface area contributed by atoms with E-state index in [0.717, 1.165) is 0 Å². The maximum absolute atomic E-state index is 2.60. The van der Waals surface area contributed by atoms with E-state index in [-0.39, 0.29) is 0 Å². The van der Waals surface area contributed by atoms with Crippen LogP contribution in [-0.4, -0.2) is 24.5 Å². The Morgan fingerprint density at radius 3 is 2.12 bits per heavy atom. The fourth-order valence-corrected chi connectivity index (χ4v) is 2.67. The van der Waals surface area contributed by atoms with Crippen LogP contribution < -0.4 is 0 Å². The molecule has 0 unspecified atom stereocenters. The molecule has 0 bridgehead atoms. The molecule has 0 saturated carbocycles. The second-order valence-corrected chi connectivity index (χ2v) is 5.22. The van der Waals surface area contributed by atoms with Gasteiger partial charge in [-0.05, 0) is 62.9 Å². The van der Waals surface area contributed by atoms with Crippen LogP contribution in [0.25, 0.3) is 0 Å². The Morgan fingerprint density at radius 2 is 1.53 bits per heavy atom. The maximum atomic E-state index is 2.60. The molecule has 0 aliphatic carbocycles. The first-order valence-electron chi connectivity index (χ1n) is 7.18. The summed E-state index contributed by atoms with van der Waals surface area (Å²) < 4.78 is 0. The van der Waals surface area contributed by atoms with E-state index in [1.165, 1.54) is 69.3 Å². The van der Waals surface area contributed by atoms with Gasteiger partial charge in [-0.2, -0.15) is 0 Å². The van der Waals surface area contributed by atoms with Crippen LogP contribution in [0.15, 0.2) is 24.3 Å². The predicted octanol–water partition coefficient (Wildman–Crippen LogP) is 3.67. The molecule has 0 amide bonds. The molecule has 1 nitrogen and oxygen atoms in total. The Labute approximate surface area is 106 Å². The van der Waals surface area contributed by atoms with Crippen molar-refractivity contribution in [1.29, 1.82) is 0 Å². The number of likely N-dealkylation sites (tertiary alicyclic amines) is 1. The summed E-state index contributed by atoms with van der Waals surface area (Å²) in [5, 5.41) is 0. The molecule has 0 atom stereocenters. The molecular weight excluding hydrogens is 206 g/mol.